The van der Waals surface area contributed by atoms with Crippen molar-refractivity contribution in [2.45, 2.75) is 25.0 Å². The number of benzene rings is 3. The Morgan fingerprint density at radius 3 is 2.16 bits per heavy atom. The fourth-order valence-corrected chi connectivity index (χ4v) is 4.57. The molecule has 0 aliphatic rings. The molecule has 3 aromatic carbocycles. The Bertz CT molecular complexity index is 1220. The van der Waals surface area contributed by atoms with Gasteiger partial charge < -0.3 is 24.4 Å². The van der Waals surface area contributed by atoms with E-state index in [1.54, 1.807) is 6.07 Å². The maximum Gasteiger partial charge on any atom is 0.407 e. The largest absolute Gasteiger partial charge is 0.494 e. The van der Waals surface area contributed by atoms with E-state index in [2.05, 4.69) is 21.1 Å². The molecule has 192 valence electrons. The molecule has 1 amide bonds. The molecule has 0 radical (unpaired) electrons. The molecule has 0 saturated carbocycles. The number of hydrogen-bond acceptors (Lipinski definition) is 5. The highest BCUT2D eigenvalue weighted by atomic mass is 79.9. The number of hydrogen-bond donors (Lipinski definition) is 2. The maximum atomic E-state index is 11.9. The van der Waals surface area contributed by atoms with Crippen LogP contribution in [0.1, 0.15) is 34.6 Å². The molecule has 1 heterocycles. The smallest absolute Gasteiger partial charge is 0.407 e. The Morgan fingerprint density at radius 2 is 1.59 bits per heavy atom. The Balaban J connectivity index is 1.42. The summed E-state index contributed by atoms with van der Waals surface area (Å²) >= 11 is 3.43. The van der Waals surface area contributed by atoms with E-state index in [0.29, 0.717) is 29.9 Å². The number of amides is 1. The van der Waals surface area contributed by atoms with E-state index in [0.717, 1.165) is 17.5 Å². The van der Waals surface area contributed by atoms with Gasteiger partial charge in [0.15, 0.2) is 11.4 Å². The minimum absolute atomic E-state index is 0.00321. The summed E-state index contributed by atoms with van der Waals surface area (Å²) < 4.78 is 11.3. The van der Waals surface area contributed by atoms with Crippen molar-refractivity contribution in [3.63, 3.8) is 0 Å². The van der Waals surface area contributed by atoms with E-state index in [4.69, 9.17) is 9.26 Å². The molecule has 0 aliphatic heterocycles. The van der Waals surface area contributed by atoms with Crippen LogP contribution < -0.4 is 4.74 Å². The first-order valence-electron chi connectivity index (χ1n) is 12.1. The summed E-state index contributed by atoms with van der Waals surface area (Å²) in [5.41, 5.74) is 1.23. The summed E-state index contributed by atoms with van der Waals surface area (Å²) in [7, 11) is 0. The van der Waals surface area contributed by atoms with Gasteiger partial charge in [-0.3, -0.25) is 0 Å². The van der Waals surface area contributed by atoms with Gasteiger partial charge in [-0.25, -0.2) is 4.79 Å². The summed E-state index contributed by atoms with van der Waals surface area (Å²) in [5.74, 6) is 1.09. The number of aromatic nitrogens is 1. The zero-order valence-corrected chi connectivity index (χ0v) is 21.9. The highest BCUT2D eigenvalue weighted by Gasteiger charge is 2.37. The molecular formula is C29H29BrN2O5. The average Bonchev–Trinajstić information content (AvgIpc) is 3.41. The number of ether oxygens (including phenoxy) is 1. The third-order valence-corrected chi connectivity index (χ3v) is 6.47. The maximum absolute atomic E-state index is 11.9. The van der Waals surface area contributed by atoms with E-state index in [-0.39, 0.29) is 18.8 Å². The molecule has 1 aromatic heterocycles. The molecular weight excluding hydrogens is 536 g/mol. The summed E-state index contributed by atoms with van der Waals surface area (Å²) in [4.78, 5) is 13.1. The van der Waals surface area contributed by atoms with Crippen molar-refractivity contribution in [1.82, 2.24) is 10.1 Å². The lowest BCUT2D eigenvalue weighted by molar-refractivity contribution is 0.115. The summed E-state index contributed by atoms with van der Waals surface area (Å²) in [6.07, 6.45) is 0.387. The van der Waals surface area contributed by atoms with Gasteiger partial charge >= 0.3 is 6.09 Å². The van der Waals surface area contributed by atoms with Crippen LogP contribution in [0.3, 0.4) is 0 Å². The zero-order chi connectivity index (χ0) is 26.1. The van der Waals surface area contributed by atoms with Crippen LogP contribution in [-0.4, -0.2) is 44.8 Å². The Hall–Kier alpha value is -3.62. The first-order valence-corrected chi connectivity index (χ1v) is 13.2. The molecule has 0 saturated heterocycles. The number of rotatable bonds is 12. The molecule has 7 nitrogen and oxygen atoms in total. The van der Waals surface area contributed by atoms with Gasteiger partial charge in [0, 0.05) is 17.9 Å². The summed E-state index contributed by atoms with van der Waals surface area (Å²) in [6.45, 7) is 0.642. The second kappa shape index (κ2) is 12.6. The summed E-state index contributed by atoms with van der Waals surface area (Å²) in [5, 5.41) is 26.6. The van der Waals surface area contributed by atoms with Crippen LogP contribution >= 0.6 is 15.9 Å². The van der Waals surface area contributed by atoms with Crippen molar-refractivity contribution < 1.29 is 24.3 Å². The van der Waals surface area contributed by atoms with Crippen LogP contribution in [-0.2, 0) is 18.6 Å². The van der Waals surface area contributed by atoms with Crippen LogP contribution in [0.2, 0.25) is 0 Å². The molecule has 8 heteroatoms. The Labute approximate surface area is 224 Å². The number of carboxylic acid groups (broad SMARTS) is 1. The Morgan fingerprint density at radius 1 is 0.973 bits per heavy atom. The molecule has 0 aliphatic carbocycles. The molecule has 37 heavy (non-hydrogen) atoms. The van der Waals surface area contributed by atoms with Crippen molar-refractivity contribution in [3.05, 3.63) is 119 Å². The van der Waals surface area contributed by atoms with Gasteiger partial charge in [-0.05, 0) is 41.7 Å². The van der Waals surface area contributed by atoms with Gasteiger partial charge in [0.25, 0.3) is 0 Å². The highest BCUT2D eigenvalue weighted by molar-refractivity contribution is 9.09. The van der Waals surface area contributed by atoms with E-state index in [1.165, 1.54) is 10.5 Å². The van der Waals surface area contributed by atoms with Gasteiger partial charge in [0.2, 0.25) is 0 Å². The SMILES string of the molecule is O=C(O)N(CCCOc1ccc(CCBr)cc1)Cc1cc(C(O)(c2ccccc2)c2ccccc2)no1. The lowest BCUT2D eigenvalue weighted by atomic mass is 9.83. The fourth-order valence-electron chi connectivity index (χ4n) is 4.12. The van der Waals surface area contributed by atoms with Crippen molar-refractivity contribution in [3.8, 4) is 5.75 Å². The molecule has 2 N–H and O–H groups in total. The fraction of sp³-hybridized carbons (Fsp3) is 0.241. The third-order valence-electron chi connectivity index (χ3n) is 6.08. The summed E-state index contributed by atoms with van der Waals surface area (Å²) in [6, 6.07) is 27.9. The van der Waals surface area contributed by atoms with Gasteiger partial charge in [0.1, 0.15) is 11.4 Å². The number of halogens is 1. The van der Waals surface area contributed by atoms with Crippen molar-refractivity contribution in [2.75, 3.05) is 18.5 Å². The van der Waals surface area contributed by atoms with E-state index >= 15 is 0 Å². The number of aryl methyl sites for hydroxylation is 1. The second-order valence-corrected chi connectivity index (χ2v) is 9.40. The van der Waals surface area contributed by atoms with Crippen LogP contribution in [0.5, 0.6) is 5.75 Å². The monoisotopic (exact) mass is 564 g/mol. The zero-order valence-electron chi connectivity index (χ0n) is 20.3. The van der Waals surface area contributed by atoms with Gasteiger partial charge in [-0.1, -0.05) is 93.9 Å². The van der Waals surface area contributed by atoms with E-state index in [9.17, 15) is 15.0 Å². The van der Waals surface area contributed by atoms with Gasteiger partial charge in [0.05, 0.1) is 13.2 Å². The minimum Gasteiger partial charge on any atom is -0.494 e. The van der Waals surface area contributed by atoms with Crippen LogP contribution in [0.15, 0.2) is 95.5 Å². The lowest BCUT2D eigenvalue weighted by Gasteiger charge is -2.27. The normalized spacial score (nSPS) is 11.3. The first kappa shape index (κ1) is 26.4. The van der Waals surface area contributed by atoms with Gasteiger partial charge in [-0.15, -0.1) is 0 Å². The molecule has 4 rings (SSSR count). The first-order chi connectivity index (χ1) is 18.0. The number of carbonyl (C=O) groups is 1. The quantitative estimate of drug-likeness (QED) is 0.165. The van der Waals surface area contributed by atoms with Crippen LogP contribution in [0.25, 0.3) is 0 Å². The van der Waals surface area contributed by atoms with Crippen molar-refractivity contribution in [1.29, 1.82) is 0 Å². The van der Waals surface area contributed by atoms with Crippen molar-refractivity contribution in [2.24, 2.45) is 0 Å². The predicted molar refractivity (Wildman–Crippen MR) is 144 cm³/mol. The van der Waals surface area contributed by atoms with E-state index in [1.807, 2.05) is 84.9 Å². The third kappa shape index (κ3) is 6.58. The molecule has 0 unspecified atom stereocenters. The number of aliphatic hydroxyl groups is 1. The molecule has 0 atom stereocenters. The predicted octanol–water partition coefficient (Wildman–Crippen LogP) is 5.85. The van der Waals surface area contributed by atoms with Crippen LogP contribution in [0, 0.1) is 0 Å². The van der Waals surface area contributed by atoms with Crippen molar-refractivity contribution >= 4 is 22.0 Å². The molecule has 4 aromatic rings. The minimum atomic E-state index is -1.55. The molecule has 0 fully saturated rings. The number of nitrogens with zero attached hydrogens (tertiary/aromatic N) is 2. The number of alkyl halides is 1. The topological polar surface area (TPSA) is 96.0 Å². The van der Waals surface area contributed by atoms with Gasteiger partial charge in [-0.2, -0.15) is 0 Å². The highest BCUT2D eigenvalue weighted by Crippen LogP contribution is 2.36. The molecule has 0 bridgehead atoms. The Kier molecular flexibility index (Phi) is 8.98. The van der Waals surface area contributed by atoms with E-state index < -0.39 is 11.7 Å². The molecule has 0 spiro atoms. The standard InChI is InChI=1S/C29H29BrN2O5/c30-17-16-22-12-14-25(15-13-22)36-19-7-18-32(28(33)34)21-26-20-27(31-37-26)29(35,23-8-3-1-4-9-23)24-10-5-2-6-11-24/h1-6,8-15,20,35H,7,16-19,21H2,(H,33,34). The van der Waals surface area contributed by atoms with Crippen LogP contribution in [0.4, 0.5) is 4.79 Å². The lowest BCUT2D eigenvalue weighted by Crippen LogP contribution is -2.31. The second-order valence-electron chi connectivity index (χ2n) is 8.61. The average molecular weight is 565 g/mol.